The molecule has 7 nitrogen and oxygen atoms in total. The molecule has 1 heterocycles. The van der Waals surface area contributed by atoms with Gasteiger partial charge < -0.3 is 19.8 Å². The Morgan fingerprint density at radius 2 is 1.97 bits per heavy atom. The number of sulfonamides is 1. The van der Waals surface area contributed by atoms with Crippen molar-refractivity contribution in [3.8, 4) is 0 Å². The number of allylic oxidation sites excluding steroid dienone is 1. The predicted molar refractivity (Wildman–Crippen MR) is 113 cm³/mol. The lowest BCUT2D eigenvalue weighted by molar-refractivity contribution is -0.219. The Morgan fingerprint density at radius 1 is 1.20 bits per heavy atom. The minimum Gasteiger partial charge on any atom is -0.395 e. The van der Waals surface area contributed by atoms with Crippen LogP contribution in [0.5, 0.6) is 0 Å². The van der Waals surface area contributed by atoms with Gasteiger partial charge in [-0.25, -0.2) is 0 Å². The fraction of sp³-hybridized carbons (Fsp3) is 0.318. The fourth-order valence-corrected chi connectivity index (χ4v) is 5.24. The van der Waals surface area contributed by atoms with Crippen molar-refractivity contribution in [3.63, 3.8) is 0 Å². The van der Waals surface area contributed by atoms with Crippen LogP contribution in [0.2, 0.25) is 0 Å². The first-order chi connectivity index (χ1) is 14.3. The number of ether oxygens (including phenoxy) is 1. The normalized spacial score (nSPS) is 22.5. The van der Waals surface area contributed by atoms with Gasteiger partial charge in [-0.2, -0.15) is 12.8 Å². The average molecular weight is 429 g/mol. The van der Waals surface area contributed by atoms with Crippen LogP contribution in [0.15, 0.2) is 63.5 Å². The molecule has 158 valence electrons. The zero-order chi connectivity index (χ0) is 21.5. The van der Waals surface area contributed by atoms with E-state index in [1.807, 2.05) is 6.92 Å². The lowest BCUT2D eigenvalue weighted by atomic mass is 9.86. The van der Waals surface area contributed by atoms with Gasteiger partial charge in [0.15, 0.2) is 0 Å². The highest BCUT2D eigenvalue weighted by atomic mass is 32.2. The van der Waals surface area contributed by atoms with Gasteiger partial charge in [0, 0.05) is 24.2 Å². The number of nitrogens with zero attached hydrogens (tertiary/aromatic N) is 2. The number of hydrogen-bond acceptors (Lipinski definition) is 6. The van der Waals surface area contributed by atoms with Gasteiger partial charge in [0.05, 0.1) is 29.5 Å². The maximum atomic E-state index is 13.1. The monoisotopic (exact) mass is 428 g/mol. The largest absolute Gasteiger partial charge is 0.395 e. The molecular formula is C22H24N2O5S. The Kier molecular flexibility index (Phi) is 5.27. The first-order valence-corrected chi connectivity index (χ1v) is 11.2. The quantitative estimate of drug-likeness (QED) is 0.771. The minimum atomic E-state index is -3.98. The van der Waals surface area contributed by atoms with Gasteiger partial charge in [0.2, 0.25) is 5.79 Å². The van der Waals surface area contributed by atoms with Crippen LogP contribution in [0.4, 0.5) is 0 Å². The van der Waals surface area contributed by atoms with Crippen LogP contribution in [0.25, 0.3) is 0 Å². The molecule has 2 aliphatic rings. The summed E-state index contributed by atoms with van der Waals surface area (Å²) in [5.74, 6) is -1.72. The molecule has 2 aromatic carbocycles. The van der Waals surface area contributed by atoms with Crippen LogP contribution in [-0.2, 0) is 20.5 Å². The molecule has 1 aliphatic carbocycles. The van der Waals surface area contributed by atoms with Gasteiger partial charge in [-0.1, -0.05) is 42.0 Å². The van der Waals surface area contributed by atoms with Crippen molar-refractivity contribution < 1.29 is 23.4 Å². The van der Waals surface area contributed by atoms with Crippen LogP contribution in [0.1, 0.15) is 22.3 Å². The third-order valence-corrected chi connectivity index (χ3v) is 6.85. The van der Waals surface area contributed by atoms with Gasteiger partial charge in [0.25, 0.3) is 10.0 Å². The molecular weight excluding hydrogens is 404 g/mol. The van der Waals surface area contributed by atoms with Crippen molar-refractivity contribution in [2.45, 2.75) is 24.5 Å². The van der Waals surface area contributed by atoms with Gasteiger partial charge in [0.1, 0.15) is 0 Å². The molecule has 2 N–H and O–H groups in total. The van der Waals surface area contributed by atoms with E-state index in [0.717, 1.165) is 5.56 Å². The molecule has 1 saturated heterocycles. The summed E-state index contributed by atoms with van der Waals surface area (Å²) in [6.07, 6.45) is 1.54. The number of rotatable bonds is 4. The summed E-state index contributed by atoms with van der Waals surface area (Å²) in [5.41, 5.74) is 3.10. The van der Waals surface area contributed by atoms with E-state index < -0.39 is 15.8 Å². The molecule has 0 aromatic heterocycles. The van der Waals surface area contributed by atoms with E-state index in [1.54, 1.807) is 54.3 Å². The standard InChI is InChI=1S/C22H24N2O5S/c1-15-7-8-20(16(2)13-15)30(27,28)23-19-14-21-22(26,18-6-4-3-5-17(18)19)29-12-10-24(21)9-11-25/h3-8,13-14,25-26H,9-12H2,1-2H3/b23-19-. The highest BCUT2D eigenvalue weighted by molar-refractivity contribution is 7.90. The van der Waals surface area contributed by atoms with Gasteiger partial charge in [-0.15, -0.1) is 0 Å². The highest BCUT2D eigenvalue weighted by Crippen LogP contribution is 2.41. The third kappa shape index (κ3) is 3.45. The number of β-amino-alcohol motifs (C(OH)–C–C–N with tert-alkyl or cyclic N) is 1. The summed E-state index contributed by atoms with van der Waals surface area (Å²) in [4.78, 5) is 1.93. The SMILES string of the molecule is Cc1ccc(S(=O)(=O)/N=C2/C=C3N(CCO)CCOC3(O)c3ccccc32)c(C)c1. The van der Waals surface area contributed by atoms with E-state index in [2.05, 4.69) is 4.40 Å². The number of aliphatic hydroxyl groups is 2. The molecule has 8 heteroatoms. The zero-order valence-corrected chi connectivity index (χ0v) is 17.7. The number of hydrogen-bond donors (Lipinski definition) is 2. The zero-order valence-electron chi connectivity index (χ0n) is 16.9. The van der Waals surface area contributed by atoms with E-state index in [9.17, 15) is 18.6 Å². The Labute approximate surface area is 176 Å². The number of morpholine rings is 1. The van der Waals surface area contributed by atoms with Crippen molar-refractivity contribution >= 4 is 15.7 Å². The predicted octanol–water partition coefficient (Wildman–Crippen LogP) is 1.85. The molecule has 0 amide bonds. The summed E-state index contributed by atoms with van der Waals surface area (Å²) in [7, 11) is -3.98. The minimum absolute atomic E-state index is 0.109. The summed E-state index contributed by atoms with van der Waals surface area (Å²) in [6, 6.07) is 12.0. The van der Waals surface area contributed by atoms with Gasteiger partial charge >= 0.3 is 0 Å². The van der Waals surface area contributed by atoms with E-state index >= 15 is 0 Å². The summed E-state index contributed by atoms with van der Waals surface area (Å²) >= 11 is 0. The smallest absolute Gasteiger partial charge is 0.283 e. The summed E-state index contributed by atoms with van der Waals surface area (Å²) in [6.45, 7) is 4.56. The van der Waals surface area contributed by atoms with Crippen molar-refractivity contribution in [2.75, 3.05) is 26.3 Å². The molecule has 2 aromatic rings. The molecule has 0 bridgehead atoms. The first kappa shape index (κ1) is 20.7. The van der Waals surface area contributed by atoms with Crippen molar-refractivity contribution in [1.82, 2.24) is 4.90 Å². The second-order valence-corrected chi connectivity index (χ2v) is 9.07. The van der Waals surface area contributed by atoms with E-state index in [0.29, 0.717) is 28.9 Å². The van der Waals surface area contributed by atoms with Crippen LogP contribution >= 0.6 is 0 Å². The number of aryl methyl sites for hydroxylation is 2. The van der Waals surface area contributed by atoms with Crippen LogP contribution in [-0.4, -0.2) is 55.5 Å². The Morgan fingerprint density at radius 3 is 2.70 bits per heavy atom. The number of benzene rings is 2. The fourth-order valence-electron chi connectivity index (χ4n) is 4.02. The van der Waals surface area contributed by atoms with Crippen LogP contribution in [0, 0.1) is 13.8 Å². The molecule has 1 aliphatic heterocycles. The number of fused-ring (bicyclic) bond motifs is 3. The van der Waals surface area contributed by atoms with Crippen molar-refractivity contribution in [2.24, 2.45) is 4.40 Å². The Balaban J connectivity index is 1.90. The van der Waals surface area contributed by atoms with E-state index in [1.165, 1.54) is 6.08 Å². The Hall–Kier alpha value is -2.52. The lowest BCUT2D eigenvalue weighted by Crippen LogP contribution is -2.50. The molecule has 0 spiro atoms. The first-order valence-electron chi connectivity index (χ1n) is 9.73. The second kappa shape index (κ2) is 7.63. The van der Waals surface area contributed by atoms with Crippen LogP contribution in [0.3, 0.4) is 0 Å². The lowest BCUT2D eigenvalue weighted by Gasteiger charge is -2.45. The maximum Gasteiger partial charge on any atom is 0.283 e. The molecule has 0 radical (unpaired) electrons. The van der Waals surface area contributed by atoms with Gasteiger partial charge in [-0.3, -0.25) is 0 Å². The van der Waals surface area contributed by atoms with E-state index in [4.69, 9.17) is 4.74 Å². The molecule has 0 saturated carbocycles. The van der Waals surface area contributed by atoms with Crippen molar-refractivity contribution in [1.29, 1.82) is 0 Å². The van der Waals surface area contributed by atoms with Crippen LogP contribution < -0.4 is 0 Å². The molecule has 1 atom stereocenters. The van der Waals surface area contributed by atoms with Gasteiger partial charge in [-0.05, 0) is 31.6 Å². The highest BCUT2D eigenvalue weighted by Gasteiger charge is 2.46. The summed E-state index contributed by atoms with van der Waals surface area (Å²) < 4.78 is 36.1. The topological polar surface area (TPSA) is 99.4 Å². The Bertz CT molecular complexity index is 1150. The molecule has 4 rings (SSSR count). The number of aliphatic hydroxyl groups excluding tert-OH is 1. The van der Waals surface area contributed by atoms with E-state index in [-0.39, 0.29) is 30.4 Å². The third-order valence-electron chi connectivity index (χ3n) is 5.40. The molecule has 1 unspecified atom stereocenters. The maximum absolute atomic E-state index is 13.1. The molecule has 30 heavy (non-hydrogen) atoms. The average Bonchev–Trinajstić information content (AvgIpc) is 2.69. The van der Waals surface area contributed by atoms with Crippen molar-refractivity contribution in [3.05, 3.63) is 76.5 Å². The summed E-state index contributed by atoms with van der Waals surface area (Å²) in [5, 5.41) is 20.8. The molecule has 1 fully saturated rings. The second-order valence-electron chi connectivity index (χ2n) is 7.50.